The molecule has 0 radical (unpaired) electrons. The number of barbiturate groups is 1. The Morgan fingerprint density at radius 2 is 1.55 bits per heavy atom. The molecule has 1 N–H and O–H groups in total. The lowest BCUT2D eigenvalue weighted by Gasteiger charge is -2.27. The quantitative estimate of drug-likeness (QED) is 0.499. The van der Waals surface area contributed by atoms with E-state index in [2.05, 4.69) is 24.1 Å². The SMILES string of the molecule is CCN(CC)c1ccc(/C=C2/C(=O)NC(=O)N(c3cccc4ccccc34)C2=O)cc1. The van der Waals surface area contributed by atoms with Gasteiger partial charge in [-0.2, -0.15) is 0 Å². The van der Waals surface area contributed by atoms with Gasteiger partial charge in [0.1, 0.15) is 5.57 Å². The Morgan fingerprint density at radius 1 is 0.871 bits per heavy atom. The highest BCUT2D eigenvalue weighted by atomic mass is 16.2. The van der Waals surface area contributed by atoms with Gasteiger partial charge >= 0.3 is 6.03 Å². The standard InChI is InChI=1S/C25H23N3O3/c1-3-27(4-2)19-14-12-17(13-15-19)16-21-23(29)26-25(31)28(24(21)30)22-11-7-9-18-8-5-6-10-20(18)22/h5-16H,3-4H2,1-2H3,(H,26,29,31)/b21-16-. The van der Waals surface area contributed by atoms with E-state index >= 15 is 0 Å². The van der Waals surface area contributed by atoms with Crippen LogP contribution in [0.3, 0.4) is 0 Å². The number of imide groups is 2. The number of urea groups is 1. The molecule has 3 aromatic rings. The van der Waals surface area contributed by atoms with Crippen LogP contribution in [0.1, 0.15) is 19.4 Å². The van der Waals surface area contributed by atoms with Crippen molar-refractivity contribution in [2.24, 2.45) is 0 Å². The van der Waals surface area contributed by atoms with Crippen molar-refractivity contribution in [1.82, 2.24) is 5.32 Å². The van der Waals surface area contributed by atoms with Gasteiger partial charge in [-0.25, -0.2) is 9.69 Å². The van der Waals surface area contributed by atoms with Gasteiger partial charge in [0.25, 0.3) is 11.8 Å². The Labute approximate surface area is 180 Å². The van der Waals surface area contributed by atoms with Crippen LogP contribution in [-0.4, -0.2) is 30.9 Å². The normalized spacial score (nSPS) is 15.5. The zero-order valence-corrected chi connectivity index (χ0v) is 17.5. The van der Waals surface area contributed by atoms with Crippen LogP contribution < -0.4 is 15.1 Å². The van der Waals surface area contributed by atoms with E-state index in [1.807, 2.05) is 54.6 Å². The molecule has 0 saturated carbocycles. The minimum Gasteiger partial charge on any atom is -0.372 e. The van der Waals surface area contributed by atoms with Crippen LogP contribution in [-0.2, 0) is 9.59 Å². The summed E-state index contributed by atoms with van der Waals surface area (Å²) in [5, 5.41) is 3.95. The summed E-state index contributed by atoms with van der Waals surface area (Å²) in [5.74, 6) is -1.34. The number of fused-ring (bicyclic) bond motifs is 1. The van der Waals surface area contributed by atoms with Crippen molar-refractivity contribution in [1.29, 1.82) is 0 Å². The zero-order valence-electron chi connectivity index (χ0n) is 17.5. The van der Waals surface area contributed by atoms with Crippen molar-refractivity contribution in [3.63, 3.8) is 0 Å². The Kier molecular flexibility index (Phi) is 5.54. The number of amides is 4. The van der Waals surface area contributed by atoms with E-state index in [1.54, 1.807) is 12.1 Å². The molecule has 6 heteroatoms. The topological polar surface area (TPSA) is 69.7 Å². The molecule has 31 heavy (non-hydrogen) atoms. The van der Waals surface area contributed by atoms with E-state index in [4.69, 9.17) is 0 Å². The second kappa shape index (κ2) is 8.44. The lowest BCUT2D eigenvalue weighted by molar-refractivity contribution is -0.122. The molecule has 156 valence electrons. The average molecular weight is 413 g/mol. The number of carbonyl (C=O) groups excluding carboxylic acids is 3. The Bertz CT molecular complexity index is 1190. The highest BCUT2D eigenvalue weighted by Gasteiger charge is 2.37. The third-order valence-electron chi connectivity index (χ3n) is 5.44. The summed E-state index contributed by atoms with van der Waals surface area (Å²) < 4.78 is 0. The van der Waals surface area contributed by atoms with Crippen molar-refractivity contribution >= 4 is 46.1 Å². The van der Waals surface area contributed by atoms with E-state index in [1.165, 1.54) is 6.08 Å². The predicted octanol–water partition coefficient (Wildman–Crippen LogP) is 4.35. The lowest BCUT2D eigenvalue weighted by Crippen LogP contribution is -2.54. The van der Waals surface area contributed by atoms with Crippen molar-refractivity contribution in [3.05, 3.63) is 77.9 Å². The number of hydrogen-bond donors (Lipinski definition) is 1. The summed E-state index contributed by atoms with van der Waals surface area (Å²) in [6, 6.07) is 19.8. The minimum absolute atomic E-state index is 0.0804. The maximum Gasteiger partial charge on any atom is 0.335 e. The molecule has 1 aliphatic rings. The molecule has 1 aliphatic heterocycles. The van der Waals surface area contributed by atoms with Crippen LogP contribution in [0, 0.1) is 0 Å². The highest BCUT2D eigenvalue weighted by molar-refractivity contribution is 6.40. The van der Waals surface area contributed by atoms with Crippen molar-refractivity contribution in [3.8, 4) is 0 Å². The van der Waals surface area contributed by atoms with Gasteiger partial charge in [0.15, 0.2) is 0 Å². The highest BCUT2D eigenvalue weighted by Crippen LogP contribution is 2.30. The van der Waals surface area contributed by atoms with Gasteiger partial charge in [-0.1, -0.05) is 48.5 Å². The fourth-order valence-corrected chi connectivity index (χ4v) is 3.82. The molecule has 0 atom stereocenters. The molecule has 4 rings (SSSR count). The fourth-order valence-electron chi connectivity index (χ4n) is 3.82. The minimum atomic E-state index is -0.750. The van der Waals surface area contributed by atoms with Crippen LogP contribution in [0.25, 0.3) is 16.8 Å². The van der Waals surface area contributed by atoms with E-state index in [0.29, 0.717) is 11.3 Å². The first-order chi connectivity index (χ1) is 15.0. The number of nitrogens with one attached hydrogen (secondary N) is 1. The number of benzene rings is 3. The van der Waals surface area contributed by atoms with Gasteiger partial charge in [-0.05, 0) is 49.1 Å². The Hall–Kier alpha value is -3.93. The molecular weight excluding hydrogens is 390 g/mol. The molecule has 1 saturated heterocycles. The van der Waals surface area contributed by atoms with Gasteiger partial charge in [-0.15, -0.1) is 0 Å². The fraction of sp³-hybridized carbons (Fsp3) is 0.160. The number of rotatable bonds is 5. The summed E-state index contributed by atoms with van der Waals surface area (Å²) in [5.41, 5.74) is 2.14. The number of anilines is 2. The van der Waals surface area contributed by atoms with Crippen LogP contribution in [0.4, 0.5) is 16.2 Å². The summed E-state index contributed by atoms with van der Waals surface area (Å²) >= 11 is 0. The number of hydrogen-bond acceptors (Lipinski definition) is 4. The van der Waals surface area contributed by atoms with Gasteiger partial charge < -0.3 is 4.90 Å². The van der Waals surface area contributed by atoms with Crippen LogP contribution >= 0.6 is 0 Å². The van der Waals surface area contributed by atoms with E-state index < -0.39 is 17.8 Å². The molecule has 0 aromatic heterocycles. The summed E-state index contributed by atoms with van der Waals surface area (Å²) in [7, 11) is 0. The van der Waals surface area contributed by atoms with E-state index in [9.17, 15) is 14.4 Å². The first kappa shape index (κ1) is 20.3. The van der Waals surface area contributed by atoms with Gasteiger partial charge in [-0.3, -0.25) is 14.9 Å². The second-order valence-corrected chi connectivity index (χ2v) is 7.22. The first-order valence-electron chi connectivity index (χ1n) is 10.3. The molecular formula is C25H23N3O3. The van der Waals surface area contributed by atoms with Crippen LogP contribution in [0.2, 0.25) is 0 Å². The Balaban J connectivity index is 1.71. The molecule has 4 amide bonds. The maximum atomic E-state index is 13.2. The number of carbonyl (C=O) groups is 3. The molecule has 0 spiro atoms. The average Bonchev–Trinajstić information content (AvgIpc) is 2.78. The Morgan fingerprint density at radius 3 is 2.26 bits per heavy atom. The third-order valence-corrected chi connectivity index (χ3v) is 5.44. The first-order valence-corrected chi connectivity index (χ1v) is 10.3. The van der Waals surface area contributed by atoms with Gasteiger partial charge in [0.05, 0.1) is 5.69 Å². The van der Waals surface area contributed by atoms with Crippen molar-refractivity contribution in [2.75, 3.05) is 22.9 Å². The number of nitrogens with zero attached hydrogens (tertiary/aromatic N) is 2. The third kappa shape index (κ3) is 3.80. The molecule has 0 unspecified atom stereocenters. The smallest absolute Gasteiger partial charge is 0.335 e. The maximum absolute atomic E-state index is 13.2. The second-order valence-electron chi connectivity index (χ2n) is 7.22. The molecule has 6 nitrogen and oxygen atoms in total. The summed E-state index contributed by atoms with van der Waals surface area (Å²) in [6.07, 6.45) is 1.52. The van der Waals surface area contributed by atoms with Gasteiger partial charge in [0.2, 0.25) is 0 Å². The predicted molar refractivity (Wildman–Crippen MR) is 123 cm³/mol. The molecule has 1 heterocycles. The van der Waals surface area contributed by atoms with Crippen LogP contribution in [0.5, 0.6) is 0 Å². The molecule has 0 bridgehead atoms. The summed E-state index contributed by atoms with van der Waals surface area (Å²) in [4.78, 5) is 41.5. The van der Waals surface area contributed by atoms with Crippen LogP contribution in [0.15, 0.2) is 72.3 Å². The largest absolute Gasteiger partial charge is 0.372 e. The van der Waals surface area contributed by atoms with Gasteiger partial charge in [0, 0.05) is 24.2 Å². The molecule has 3 aromatic carbocycles. The monoisotopic (exact) mass is 413 g/mol. The molecule has 1 fully saturated rings. The lowest BCUT2D eigenvalue weighted by atomic mass is 10.0. The summed E-state index contributed by atoms with van der Waals surface area (Å²) in [6.45, 7) is 5.95. The van der Waals surface area contributed by atoms with E-state index in [0.717, 1.165) is 34.4 Å². The van der Waals surface area contributed by atoms with Crippen molar-refractivity contribution in [2.45, 2.75) is 13.8 Å². The van der Waals surface area contributed by atoms with Crippen molar-refractivity contribution < 1.29 is 14.4 Å². The van der Waals surface area contributed by atoms with E-state index in [-0.39, 0.29) is 5.57 Å². The zero-order chi connectivity index (χ0) is 22.0. The molecule has 0 aliphatic carbocycles.